The van der Waals surface area contributed by atoms with E-state index >= 15 is 0 Å². The Morgan fingerprint density at radius 3 is 2.37 bits per heavy atom. The van der Waals surface area contributed by atoms with Crippen molar-refractivity contribution >= 4 is 28.9 Å². The monoisotopic (exact) mass is 365 g/mol. The lowest BCUT2D eigenvalue weighted by Crippen LogP contribution is -2.45. The van der Waals surface area contributed by atoms with Gasteiger partial charge in [-0.25, -0.2) is 0 Å². The van der Waals surface area contributed by atoms with Gasteiger partial charge in [0.05, 0.1) is 24.0 Å². The van der Waals surface area contributed by atoms with Crippen molar-refractivity contribution in [3.8, 4) is 0 Å². The molecule has 0 radical (unpaired) electrons. The van der Waals surface area contributed by atoms with Gasteiger partial charge in [-0.05, 0) is 55.8 Å². The molecule has 7 heteroatoms. The molecule has 0 bridgehead atoms. The van der Waals surface area contributed by atoms with Crippen molar-refractivity contribution in [2.45, 2.75) is 18.9 Å². The third-order valence-corrected chi connectivity index (χ3v) is 4.45. The normalized spacial score (nSPS) is 17.1. The smallest absolute Gasteiger partial charge is 0.238 e. The fourth-order valence-corrected chi connectivity index (χ4v) is 3.09. The predicted molar refractivity (Wildman–Crippen MR) is 104 cm³/mol. The Hall–Kier alpha value is -3.06. The quantitative estimate of drug-likeness (QED) is 0.771. The summed E-state index contributed by atoms with van der Waals surface area (Å²) in [6.07, 6.45) is 1.71. The zero-order chi connectivity index (χ0) is 19.1. The van der Waals surface area contributed by atoms with Crippen LogP contribution in [0.15, 0.2) is 64.8 Å². The van der Waals surface area contributed by atoms with Crippen molar-refractivity contribution in [3.05, 3.63) is 54.6 Å². The van der Waals surface area contributed by atoms with Crippen molar-refractivity contribution in [2.75, 3.05) is 25.5 Å². The number of likely N-dealkylation sites (N-methyl/N-ethyl adjacent to an activating group) is 1. The summed E-state index contributed by atoms with van der Waals surface area (Å²) in [6, 6.07) is 16.4. The number of azo groups is 1. The highest BCUT2D eigenvalue weighted by atomic mass is 16.2. The highest BCUT2D eigenvalue weighted by Gasteiger charge is 2.31. The van der Waals surface area contributed by atoms with Crippen LogP contribution in [0.25, 0.3) is 0 Å². The summed E-state index contributed by atoms with van der Waals surface area (Å²) in [5.74, 6) is -0.169. The van der Waals surface area contributed by atoms with Crippen molar-refractivity contribution in [3.63, 3.8) is 0 Å². The van der Waals surface area contributed by atoms with Crippen LogP contribution in [0.2, 0.25) is 0 Å². The van der Waals surface area contributed by atoms with E-state index in [2.05, 4.69) is 20.9 Å². The molecule has 0 aliphatic carbocycles. The van der Waals surface area contributed by atoms with Gasteiger partial charge < -0.3 is 10.6 Å². The summed E-state index contributed by atoms with van der Waals surface area (Å²) in [4.78, 5) is 26.1. The molecule has 27 heavy (non-hydrogen) atoms. The number of anilines is 1. The first kappa shape index (κ1) is 18.7. The van der Waals surface area contributed by atoms with E-state index in [1.165, 1.54) is 0 Å². The van der Waals surface area contributed by atoms with Crippen LogP contribution in [-0.2, 0) is 9.59 Å². The average Bonchev–Trinajstić information content (AvgIpc) is 3.15. The molecule has 2 N–H and O–H groups in total. The van der Waals surface area contributed by atoms with Gasteiger partial charge in [-0.1, -0.05) is 18.2 Å². The number of likely N-dealkylation sites (tertiary alicyclic amines) is 1. The highest BCUT2D eigenvalue weighted by molar-refractivity contribution is 5.93. The molecule has 3 rings (SSSR count). The molecule has 1 heterocycles. The largest absolute Gasteiger partial charge is 0.358 e. The minimum absolute atomic E-state index is 0.0339. The molecule has 140 valence electrons. The number of carbonyl (C=O) groups excluding carboxylic acids is 2. The first-order valence-corrected chi connectivity index (χ1v) is 8.98. The van der Waals surface area contributed by atoms with Crippen LogP contribution in [0, 0.1) is 0 Å². The predicted octanol–water partition coefficient (Wildman–Crippen LogP) is 3.25. The molecule has 0 spiro atoms. The maximum atomic E-state index is 12.3. The Labute approximate surface area is 158 Å². The number of amides is 2. The second-order valence-electron chi connectivity index (χ2n) is 6.37. The molecular weight excluding hydrogens is 342 g/mol. The number of nitrogens with one attached hydrogen (secondary N) is 2. The molecule has 7 nitrogen and oxygen atoms in total. The van der Waals surface area contributed by atoms with Crippen molar-refractivity contribution < 1.29 is 9.59 Å². The summed E-state index contributed by atoms with van der Waals surface area (Å²) in [6.45, 7) is 0.956. The SMILES string of the molecule is CNC(=O)C1CCCN1CC(=O)Nc1ccc(N=Nc2ccccc2)cc1. The summed E-state index contributed by atoms with van der Waals surface area (Å²) in [5.41, 5.74) is 2.18. The fourth-order valence-electron chi connectivity index (χ4n) is 3.09. The van der Waals surface area contributed by atoms with E-state index in [0.717, 1.165) is 25.1 Å². The second kappa shape index (κ2) is 9.05. The van der Waals surface area contributed by atoms with Crippen LogP contribution in [0.1, 0.15) is 12.8 Å². The van der Waals surface area contributed by atoms with E-state index in [9.17, 15) is 9.59 Å². The minimum Gasteiger partial charge on any atom is -0.358 e. The highest BCUT2D eigenvalue weighted by Crippen LogP contribution is 2.21. The number of benzene rings is 2. The molecule has 0 saturated carbocycles. The third-order valence-electron chi connectivity index (χ3n) is 4.45. The molecule has 1 fully saturated rings. The summed E-state index contributed by atoms with van der Waals surface area (Å²) < 4.78 is 0. The Bertz CT molecular complexity index is 805. The minimum atomic E-state index is -0.221. The Morgan fingerprint density at radius 2 is 1.70 bits per heavy atom. The van der Waals surface area contributed by atoms with Gasteiger partial charge in [0.2, 0.25) is 11.8 Å². The van der Waals surface area contributed by atoms with Gasteiger partial charge in [-0.2, -0.15) is 10.2 Å². The molecular formula is C20H23N5O2. The van der Waals surface area contributed by atoms with E-state index in [4.69, 9.17) is 0 Å². The van der Waals surface area contributed by atoms with Crippen LogP contribution < -0.4 is 10.6 Å². The molecule has 0 aromatic heterocycles. The summed E-state index contributed by atoms with van der Waals surface area (Å²) in [7, 11) is 1.62. The summed E-state index contributed by atoms with van der Waals surface area (Å²) >= 11 is 0. The molecule has 1 unspecified atom stereocenters. The summed E-state index contributed by atoms with van der Waals surface area (Å²) in [5, 5.41) is 13.9. The fraction of sp³-hybridized carbons (Fsp3) is 0.300. The van der Waals surface area contributed by atoms with Crippen molar-refractivity contribution in [2.24, 2.45) is 10.2 Å². The van der Waals surface area contributed by atoms with Crippen molar-refractivity contribution in [1.82, 2.24) is 10.2 Å². The molecule has 2 aromatic rings. The molecule has 1 atom stereocenters. The van der Waals surface area contributed by atoms with Crippen LogP contribution in [0.3, 0.4) is 0 Å². The zero-order valence-corrected chi connectivity index (χ0v) is 15.3. The number of nitrogens with zero attached hydrogens (tertiary/aromatic N) is 3. The molecule has 2 aromatic carbocycles. The lowest BCUT2D eigenvalue weighted by Gasteiger charge is -2.22. The molecule has 1 saturated heterocycles. The number of hydrogen-bond acceptors (Lipinski definition) is 5. The van der Waals surface area contributed by atoms with Gasteiger partial charge in [0, 0.05) is 12.7 Å². The van der Waals surface area contributed by atoms with Crippen LogP contribution >= 0.6 is 0 Å². The number of hydrogen-bond donors (Lipinski definition) is 2. The van der Waals surface area contributed by atoms with Crippen LogP contribution in [0.5, 0.6) is 0 Å². The maximum absolute atomic E-state index is 12.3. The van der Waals surface area contributed by atoms with Gasteiger partial charge in [0.25, 0.3) is 0 Å². The third kappa shape index (κ3) is 5.21. The van der Waals surface area contributed by atoms with Crippen molar-refractivity contribution in [1.29, 1.82) is 0 Å². The van der Waals surface area contributed by atoms with Gasteiger partial charge in [0.1, 0.15) is 0 Å². The van der Waals surface area contributed by atoms with E-state index < -0.39 is 0 Å². The average molecular weight is 365 g/mol. The van der Waals surface area contributed by atoms with E-state index in [1.807, 2.05) is 35.2 Å². The van der Waals surface area contributed by atoms with E-state index in [-0.39, 0.29) is 24.4 Å². The Morgan fingerprint density at radius 1 is 1.04 bits per heavy atom. The zero-order valence-electron chi connectivity index (χ0n) is 15.3. The lowest BCUT2D eigenvalue weighted by atomic mass is 10.2. The van der Waals surface area contributed by atoms with Crippen LogP contribution in [0.4, 0.5) is 17.1 Å². The first-order valence-electron chi connectivity index (χ1n) is 8.98. The molecule has 1 aliphatic heterocycles. The van der Waals surface area contributed by atoms with Gasteiger partial charge in [-0.15, -0.1) is 0 Å². The number of rotatable bonds is 6. The molecule has 1 aliphatic rings. The Kier molecular flexibility index (Phi) is 6.27. The second-order valence-corrected chi connectivity index (χ2v) is 6.37. The van der Waals surface area contributed by atoms with Gasteiger partial charge in [0.15, 0.2) is 0 Å². The number of carbonyl (C=O) groups is 2. The maximum Gasteiger partial charge on any atom is 0.238 e. The standard InChI is InChI=1S/C20H23N5O2/c1-21-20(27)18-8-5-13-25(18)14-19(26)22-15-9-11-17(12-10-15)24-23-16-6-3-2-4-7-16/h2-4,6-7,9-12,18H,5,8,13-14H2,1H3,(H,21,27)(H,22,26). The first-order chi connectivity index (χ1) is 13.2. The lowest BCUT2D eigenvalue weighted by molar-refractivity contribution is -0.126. The topological polar surface area (TPSA) is 86.2 Å². The van der Waals surface area contributed by atoms with Crippen LogP contribution in [-0.4, -0.2) is 42.9 Å². The van der Waals surface area contributed by atoms with Gasteiger partial charge >= 0.3 is 0 Å². The van der Waals surface area contributed by atoms with E-state index in [0.29, 0.717) is 11.4 Å². The Balaban J connectivity index is 1.54. The van der Waals surface area contributed by atoms with E-state index in [1.54, 1.807) is 31.3 Å². The van der Waals surface area contributed by atoms with Gasteiger partial charge in [-0.3, -0.25) is 14.5 Å². The molecule has 2 amide bonds.